The topological polar surface area (TPSA) is 135 Å². The molecule has 1 amide bonds. The summed E-state index contributed by atoms with van der Waals surface area (Å²) in [4.78, 5) is 27.9. The summed E-state index contributed by atoms with van der Waals surface area (Å²) in [6.45, 7) is 2.64. The first kappa shape index (κ1) is 28.5. The number of hydrogen-bond acceptors (Lipinski definition) is 7. The average Bonchev–Trinajstić information content (AvgIpc) is 3.68. The van der Waals surface area contributed by atoms with E-state index in [-0.39, 0.29) is 40.9 Å². The van der Waals surface area contributed by atoms with Gasteiger partial charge in [0.25, 0.3) is 10.0 Å². The number of nitrogens with zero attached hydrogens (tertiary/aromatic N) is 2. The minimum absolute atomic E-state index is 0.0172. The van der Waals surface area contributed by atoms with E-state index in [1.54, 1.807) is 0 Å². The highest BCUT2D eigenvalue weighted by atomic mass is 32.2. The summed E-state index contributed by atoms with van der Waals surface area (Å²) in [5.41, 5.74) is -2.14. The number of pyridine rings is 1. The predicted molar refractivity (Wildman–Crippen MR) is 133 cm³/mol. The number of sulfonamides is 1. The van der Waals surface area contributed by atoms with Crippen LogP contribution in [0.5, 0.6) is 5.75 Å². The number of fused-ring (bicyclic) bond motifs is 1. The quantitative estimate of drug-likeness (QED) is 0.456. The van der Waals surface area contributed by atoms with E-state index >= 15 is 0 Å². The van der Waals surface area contributed by atoms with Gasteiger partial charge in [-0.3, -0.25) is 19.4 Å². The summed E-state index contributed by atoms with van der Waals surface area (Å²) in [6.07, 6.45) is -3.78. The number of carbonyl (C=O) groups is 2. The number of carboxylic acid groups (broad SMARTS) is 1. The first-order valence-electron chi connectivity index (χ1n) is 12.2. The minimum atomic E-state index is -4.81. The average molecular weight is 572 g/mol. The van der Waals surface area contributed by atoms with Gasteiger partial charge in [-0.25, -0.2) is 13.2 Å². The van der Waals surface area contributed by atoms with Gasteiger partial charge in [0.05, 0.1) is 23.0 Å². The van der Waals surface area contributed by atoms with Crippen LogP contribution in [-0.4, -0.2) is 55.0 Å². The van der Waals surface area contributed by atoms with Gasteiger partial charge in [-0.05, 0) is 63.4 Å². The molecule has 0 unspecified atom stereocenters. The van der Waals surface area contributed by atoms with Gasteiger partial charge in [-0.15, -0.1) is 0 Å². The summed E-state index contributed by atoms with van der Waals surface area (Å²) in [5.74, 6) is -1.61. The van der Waals surface area contributed by atoms with Crippen LogP contribution in [0, 0.1) is 5.92 Å². The maximum atomic E-state index is 13.8. The van der Waals surface area contributed by atoms with E-state index in [1.807, 2.05) is 0 Å². The summed E-state index contributed by atoms with van der Waals surface area (Å²) < 4.78 is 78.5. The third-order valence-electron chi connectivity index (χ3n) is 6.54. The van der Waals surface area contributed by atoms with Crippen LogP contribution in [-0.2, 0) is 19.6 Å². The number of anilines is 2. The SMILES string of the molecule is C[C@@H](C[C@H]1CN(S(=O)(=O)c2ccnc(C3CC3)c2)c2cc(NC(=O)OC(C)(C)C(F)(F)F)ccc2O1)C(=O)O. The molecule has 10 nitrogen and oxygen atoms in total. The predicted octanol–water partition coefficient (Wildman–Crippen LogP) is 4.92. The summed E-state index contributed by atoms with van der Waals surface area (Å²) in [7, 11) is -4.21. The fourth-order valence-corrected chi connectivity index (χ4v) is 5.51. The lowest BCUT2D eigenvalue weighted by molar-refractivity contribution is -0.242. The Hall–Kier alpha value is -3.55. The third kappa shape index (κ3) is 6.21. The van der Waals surface area contributed by atoms with Crippen molar-refractivity contribution in [2.45, 2.75) is 68.7 Å². The number of benzene rings is 1. The number of alkyl halides is 3. The Balaban J connectivity index is 1.67. The summed E-state index contributed by atoms with van der Waals surface area (Å²) in [5, 5.41) is 11.5. The number of amides is 1. The number of carboxylic acids is 1. The molecule has 1 aliphatic carbocycles. The number of carbonyl (C=O) groups excluding carboxylic acids is 1. The Morgan fingerprint density at radius 2 is 1.92 bits per heavy atom. The van der Waals surface area contributed by atoms with Crippen molar-refractivity contribution in [1.82, 2.24) is 4.98 Å². The lowest BCUT2D eigenvalue weighted by Gasteiger charge is -2.36. The zero-order chi connectivity index (χ0) is 28.8. The molecule has 0 saturated heterocycles. The number of halogens is 3. The van der Waals surface area contributed by atoms with E-state index in [0.717, 1.165) is 17.1 Å². The molecule has 1 aliphatic heterocycles. The lowest BCUT2D eigenvalue weighted by Crippen LogP contribution is -2.45. The van der Waals surface area contributed by atoms with Crippen LogP contribution >= 0.6 is 0 Å². The van der Waals surface area contributed by atoms with Gasteiger partial charge in [0.1, 0.15) is 11.9 Å². The normalized spacial score (nSPS) is 18.5. The van der Waals surface area contributed by atoms with Crippen LogP contribution in [0.3, 0.4) is 0 Å². The maximum Gasteiger partial charge on any atom is 0.427 e. The van der Waals surface area contributed by atoms with E-state index < -0.39 is 45.9 Å². The third-order valence-corrected chi connectivity index (χ3v) is 8.32. The van der Waals surface area contributed by atoms with Gasteiger partial charge in [0, 0.05) is 23.5 Å². The van der Waals surface area contributed by atoms with Gasteiger partial charge >= 0.3 is 18.2 Å². The Bertz CT molecular complexity index is 1380. The minimum Gasteiger partial charge on any atom is -0.486 e. The lowest BCUT2D eigenvalue weighted by atomic mass is 10.0. The van der Waals surface area contributed by atoms with Gasteiger partial charge in [-0.2, -0.15) is 13.2 Å². The smallest absolute Gasteiger partial charge is 0.427 e. The van der Waals surface area contributed by atoms with Crippen molar-refractivity contribution in [3.8, 4) is 5.75 Å². The summed E-state index contributed by atoms with van der Waals surface area (Å²) >= 11 is 0. The Morgan fingerprint density at radius 3 is 2.54 bits per heavy atom. The molecule has 2 N–H and O–H groups in total. The molecular weight excluding hydrogens is 543 g/mol. The van der Waals surface area contributed by atoms with Crippen molar-refractivity contribution < 1.29 is 45.8 Å². The molecule has 0 radical (unpaired) electrons. The fourth-order valence-electron chi connectivity index (χ4n) is 3.99. The Labute approximate surface area is 223 Å². The first-order valence-corrected chi connectivity index (χ1v) is 13.6. The molecule has 1 fully saturated rings. The van der Waals surface area contributed by atoms with Crippen molar-refractivity contribution in [2.75, 3.05) is 16.2 Å². The molecule has 0 bridgehead atoms. The zero-order valence-electron chi connectivity index (χ0n) is 21.4. The van der Waals surface area contributed by atoms with Gasteiger partial charge in [-0.1, -0.05) is 6.92 Å². The second-order valence-electron chi connectivity index (χ2n) is 10.1. The number of nitrogens with one attached hydrogen (secondary N) is 1. The Kier molecular flexibility index (Phi) is 7.45. The number of aromatic nitrogens is 1. The maximum absolute atomic E-state index is 13.8. The number of aliphatic carboxylic acids is 1. The second kappa shape index (κ2) is 10.2. The molecule has 14 heteroatoms. The molecule has 2 aliphatic rings. The largest absolute Gasteiger partial charge is 0.486 e. The molecule has 0 spiro atoms. The van der Waals surface area contributed by atoms with E-state index in [0.29, 0.717) is 19.5 Å². The van der Waals surface area contributed by atoms with Crippen molar-refractivity contribution >= 4 is 33.5 Å². The number of rotatable bonds is 8. The molecule has 212 valence electrons. The van der Waals surface area contributed by atoms with Crippen LogP contribution in [0.2, 0.25) is 0 Å². The highest BCUT2D eigenvalue weighted by molar-refractivity contribution is 7.92. The molecule has 4 rings (SSSR count). The molecule has 1 aromatic carbocycles. The molecule has 2 heterocycles. The van der Waals surface area contributed by atoms with Crippen LogP contribution in [0.25, 0.3) is 0 Å². The number of hydrogen-bond donors (Lipinski definition) is 2. The van der Waals surface area contributed by atoms with Crippen molar-refractivity contribution in [1.29, 1.82) is 0 Å². The fraction of sp³-hybridized carbons (Fsp3) is 0.480. The highest BCUT2D eigenvalue weighted by Crippen LogP contribution is 2.42. The molecule has 2 aromatic rings. The van der Waals surface area contributed by atoms with Crippen LogP contribution in [0.4, 0.5) is 29.3 Å². The van der Waals surface area contributed by atoms with Gasteiger partial charge in [0.15, 0.2) is 0 Å². The van der Waals surface area contributed by atoms with Gasteiger partial charge < -0.3 is 14.6 Å². The van der Waals surface area contributed by atoms with Crippen molar-refractivity contribution in [3.05, 3.63) is 42.2 Å². The van der Waals surface area contributed by atoms with Crippen LogP contribution < -0.4 is 14.4 Å². The summed E-state index contributed by atoms with van der Waals surface area (Å²) in [6, 6.07) is 6.75. The molecule has 2 atom stereocenters. The molecule has 39 heavy (non-hydrogen) atoms. The van der Waals surface area contributed by atoms with E-state index in [1.165, 1.54) is 43.5 Å². The highest BCUT2D eigenvalue weighted by Gasteiger charge is 2.51. The monoisotopic (exact) mass is 571 g/mol. The molecule has 1 saturated carbocycles. The van der Waals surface area contributed by atoms with Crippen LogP contribution in [0.1, 0.15) is 51.6 Å². The Morgan fingerprint density at radius 1 is 1.23 bits per heavy atom. The van der Waals surface area contributed by atoms with Gasteiger partial charge in [0.2, 0.25) is 5.60 Å². The number of ether oxygens (including phenoxy) is 2. The van der Waals surface area contributed by atoms with E-state index in [2.05, 4.69) is 15.0 Å². The zero-order valence-corrected chi connectivity index (χ0v) is 22.2. The van der Waals surface area contributed by atoms with Crippen molar-refractivity contribution in [3.63, 3.8) is 0 Å². The van der Waals surface area contributed by atoms with Crippen molar-refractivity contribution in [2.24, 2.45) is 5.92 Å². The first-order chi connectivity index (χ1) is 18.1. The standard InChI is InChI=1S/C25H28F3N3O7S/c1-14(22(32)33)10-17-13-31(39(35,36)18-8-9-29-19(12-18)15-4-5-15)20-11-16(6-7-21(20)37-17)30-23(34)38-24(2,3)25(26,27)28/h6-9,11-12,14-15,17H,4-5,10,13H2,1-3H3,(H,30,34)(H,32,33)/t14-,17-/m0/s1. The molecule has 1 aromatic heterocycles. The van der Waals surface area contributed by atoms with E-state index in [9.17, 15) is 36.3 Å². The van der Waals surface area contributed by atoms with Crippen LogP contribution in [0.15, 0.2) is 41.4 Å². The molecular formula is C25H28F3N3O7S. The second-order valence-corrected chi connectivity index (χ2v) is 12.0. The van der Waals surface area contributed by atoms with E-state index in [4.69, 9.17) is 4.74 Å².